The molecule has 1 aromatic carbocycles. The van der Waals surface area contributed by atoms with Crippen LogP contribution >= 0.6 is 0 Å². The number of nitrogens with one attached hydrogen (secondary N) is 2. The molecule has 0 aromatic heterocycles. The summed E-state index contributed by atoms with van der Waals surface area (Å²) in [5.41, 5.74) is 5.14. The minimum atomic E-state index is 0.0448. The van der Waals surface area contributed by atoms with Gasteiger partial charge in [0.05, 0.1) is 6.54 Å². The Morgan fingerprint density at radius 1 is 1.05 bits per heavy atom. The van der Waals surface area contributed by atoms with Gasteiger partial charge >= 0.3 is 0 Å². The number of carbonyl (C=O) groups is 1. The minimum Gasteiger partial charge on any atom is -0.353 e. The number of aryl methyl sites for hydroxylation is 3. The van der Waals surface area contributed by atoms with Gasteiger partial charge in [0.15, 0.2) is 0 Å². The van der Waals surface area contributed by atoms with Crippen molar-refractivity contribution in [1.82, 2.24) is 10.6 Å². The van der Waals surface area contributed by atoms with Crippen LogP contribution in [0.3, 0.4) is 0 Å². The number of hydrogen-bond acceptors (Lipinski definition) is 2. The first-order valence-electron chi connectivity index (χ1n) is 6.91. The second kappa shape index (κ2) is 6.71. The van der Waals surface area contributed by atoms with Gasteiger partial charge in [-0.25, -0.2) is 0 Å². The molecule has 0 radical (unpaired) electrons. The van der Waals surface area contributed by atoms with Crippen LogP contribution in [0.1, 0.15) is 49.1 Å². The van der Waals surface area contributed by atoms with Crippen molar-refractivity contribution in [2.24, 2.45) is 0 Å². The van der Waals surface area contributed by atoms with E-state index in [1.54, 1.807) is 0 Å². The highest BCUT2D eigenvalue weighted by Crippen LogP contribution is 2.21. The van der Waals surface area contributed by atoms with Crippen molar-refractivity contribution in [2.75, 3.05) is 6.54 Å². The summed E-state index contributed by atoms with van der Waals surface area (Å²) < 4.78 is 0. The van der Waals surface area contributed by atoms with Crippen LogP contribution in [0.25, 0.3) is 0 Å². The van der Waals surface area contributed by atoms with E-state index in [0.717, 1.165) is 0 Å². The van der Waals surface area contributed by atoms with Gasteiger partial charge in [-0.1, -0.05) is 12.1 Å². The third-order valence-electron chi connectivity index (χ3n) is 3.37. The number of benzene rings is 1. The van der Waals surface area contributed by atoms with Gasteiger partial charge in [0.25, 0.3) is 0 Å². The van der Waals surface area contributed by atoms with Gasteiger partial charge in [-0.15, -0.1) is 0 Å². The van der Waals surface area contributed by atoms with Crippen molar-refractivity contribution in [3.63, 3.8) is 0 Å². The third-order valence-corrected chi connectivity index (χ3v) is 3.37. The van der Waals surface area contributed by atoms with E-state index in [9.17, 15) is 4.79 Å². The lowest BCUT2D eigenvalue weighted by atomic mass is 9.96. The maximum atomic E-state index is 11.6. The number of amides is 1. The van der Waals surface area contributed by atoms with Crippen LogP contribution in [0, 0.1) is 20.8 Å². The zero-order valence-electron chi connectivity index (χ0n) is 12.9. The van der Waals surface area contributed by atoms with Gasteiger partial charge in [-0.05, 0) is 63.8 Å². The Morgan fingerprint density at radius 2 is 1.63 bits per heavy atom. The normalized spacial score (nSPS) is 12.6. The van der Waals surface area contributed by atoms with Crippen LogP contribution in [-0.2, 0) is 4.79 Å². The molecule has 0 saturated heterocycles. The second-order valence-electron chi connectivity index (χ2n) is 5.62. The van der Waals surface area contributed by atoms with Crippen molar-refractivity contribution < 1.29 is 4.79 Å². The molecule has 0 saturated carbocycles. The smallest absolute Gasteiger partial charge is 0.234 e. The van der Waals surface area contributed by atoms with Gasteiger partial charge in [0.1, 0.15) is 0 Å². The van der Waals surface area contributed by atoms with Gasteiger partial charge < -0.3 is 10.6 Å². The molecule has 0 bridgehead atoms. The Morgan fingerprint density at radius 3 is 2.21 bits per heavy atom. The predicted molar refractivity (Wildman–Crippen MR) is 80.3 cm³/mol. The lowest BCUT2D eigenvalue weighted by Crippen LogP contribution is -2.38. The van der Waals surface area contributed by atoms with Crippen molar-refractivity contribution in [1.29, 1.82) is 0 Å². The van der Waals surface area contributed by atoms with Crippen molar-refractivity contribution >= 4 is 5.91 Å². The summed E-state index contributed by atoms with van der Waals surface area (Å²) in [7, 11) is 0. The Kier molecular flexibility index (Phi) is 5.55. The van der Waals surface area contributed by atoms with Crippen LogP contribution in [0.2, 0.25) is 0 Å². The molecule has 19 heavy (non-hydrogen) atoms. The topological polar surface area (TPSA) is 41.1 Å². The highest BCUT2D eigenvalue weighted by molar-refractivity contribution is 5.78. The highest BCUT2D eigenvalue weighted by atomic mass is 16.1. The lowest BCUT2D eigenvalue weighted by molar-refractivity contribution is -0.120. The van der Waals surface area contributed by atoms with Crippen molar-refractivity contribution in [3.05, 3.63) is 34.4 Å². The fraction of sp³-hybridized carbons (Fsp3) is 0.562. The lowest BCUT2D eigenvalue weighted by Gasteiger charge is -2.18. The maximum Gasteiger partial charge on any atom is 0.234 e. The molecule has 0 spiro atoms. The Balaban J connectivity index is 2.66. The molecule has 1 unspecified atom stereocenters. The largest absolute Gasteiger partial charge is 0.353 e. The van der Waals surface area contributed by atoms with Crippen LogP contribution in [0.4, 0.5) is 0 Å². The average molecular weight is 262 g/mol. The first-order valence-corrected chi connectivity index (χ1v) is 6.91. The van der Waals surface area contributed by atoms with E-state index in [2.05, 4.69) is 50.5 Å². The van der Waals surface area contributed by atoms with Crippen molar-refractivity contribution in [2.45, 2.75) is 53.6 Å². The monoisotopic (exact) mass is 262 g/mol. The van der Waals surface area contributed by atoms with E-state index in [1.165, 1.54) is 22.3 Å². The Bertz CT molecular complexity index is 452. The molecule has 1 rings (SSSR count). The summed E-state index contributed by atoms with van der Waals surface area (Å²) >= 11 is 0. The van der Waals surface area contributed by atoms with Gasteiger partial charge in [-0.2, -0.15) is 0 Å². The van der Waals surface area contributed by atoms with E-state index < -0.39 is 0 Å². The van der Waals surface area contributed by atoms with E-state index in [-0.39, 0.29) is 18.0 Å². The van der Waals surface area contributed by atoms with Crippen LogP contribution < -0.4 is 10.6 Å². The molecule has 106 valence electrons. The van der Waals surface area contributed by atoms with Crippen LogP contribution in [0.5, 0.6) is 0 Å². The average Bonchev–Trinajstić information content (AvgIpc) is 2.30. The van der Waals surface area contributed by atoms with E-state index >= 15 is 0 Å². The summed E-state index contributed by atoms with van der Waals surface area (Å²) in [6.07, 6.45) is 0. The Labute approximate surface area is 116 Å². The minimum absolute atomic E-state index is 0.0448. The number of hydrogen-bond donors (Lipinski definition) is 2. The van der Waals surface area contributed by atoms with E-state index in [1.807, 2.05) is 13.8 Å². The molecule has 0 heterocycles. The molecule has 1 amide bonds. The number of carbonyl (C=O) groups excluding carboxylic acids is 1. The van der Waals surface area contributed by atoms with Crippen LogP contribution in [0.15, 0.2) is 12.1 Å². The summed E-state index contributed by atoms with van der Waals surface area (Å²) in [5, 5.41) is 6.16. The zero-order chi connectivity index (χ0) is 14.6. The quantitative estimate of drug-likeness (QED) is 0.856. The molecule has 0 aliphatic carbocycles. The molecular formula is C16H26N2O. The van der Waals surface area contributed by atoms with Crippen molar-refractivity contribution in [3.8, 4) is 0 Å². The third kappa shape index (κ3) is 4.67. The predicted octanol–water partition coefficient (Wildman–Crippen LogP) is 2.79. The highest BCUT2D eigenvalue weighted by Gasteiger charge is 2.11. The summed E-state index contributed by atoms with van der Waals surface area (Å²) in [6, 6.07) is 4.78. The standard InChI is InChI=1S/C16H26N2O/c1-10(2)18-16(19)9-17-14(6)15-8-12(4)11(3)7-13(15)5/h7-8,10,14,17H,9H2,1-6H3,(H,18,19). The van der Waals surface area contributed by atoms with E-state index in [4.69, 9.17) is 0 Å². The maximum absolute atomic E-state index is 11.6. The number of rotatable bonds is 5. The molecule has 2 N–H and O–H groups in total. The Hall–Kier alpha value is -1.35. The molecule has 3 nitrogen and oxygen atoms in total. The molecule has 1 atom stereocenters. The molecule has 1 aromatic rings. The first-order chi connectivity index (χ1) is 8.81. The summed E-state index contributed by atoms with van der Waals surface area (Å²) in [6.45, 7) is 12.7. The summed E-state index contributed by atoms with van der Waals surface area (Å²) in [5.74, 6) is 0.0448. The SMILES string of the molecule is Cc1cc(C)c(C(C)NCC(=O)NC(C)C)cc1C. The molecule has 3 heteroatoms. The molecule has 0 aliphatic rings. The van der Waals surface area contributed by atoms with Gasteiger partial charge in [-0.3, -0.25) is 4.79 Å². The summed E-state index contributed by atoms with van der Waals surface area (Å²) in [4.78, 5) is 11.6. The fourth-order valence-electron chi connectivity index (χ4n) is 2.18. The molecule has 0 aliphatic heterocycles. The fourth-order valence-corrected chi connectivity index (χ4v) is 2.18. The molecular weight excluding hydrogens is 236 g/mol. The van der Waals surface area contributed by atoms with Gasteiger partial charge in [0.2, 0.25) is 5.91 Å². The van der Waals surface area contributed by atoms with E-state index in [0.29, 0.717) is 6.54 Å². The molecule has 0 fully saturated rings. The van der Waals surface area contributed by atoms with Crippen LogP contribution in [-0.4, -0.2) is 18.5 Å². The second-order valence-corrected chi connectivity index (χ2v) is 5.62. The first kappa shape index (κ1) is 15.7. The zero-order valence-corrected chi connectivity index (χ0v) is 12.9. The van der Waals surface area contributed by atoms with Gasteiger partial charge in [0, 0.05) is 12.1 Å².